The van der Waals surface area contributed by atoms with E-state index in [2.05, 4.69) is 26.3 Å². The quantitative estimate of drug-likeness (QED) is 0.112. The minimum atomic E-state index is -0.0599. The third-order valence-electron chi connectivity index (χ3n) is 5.78. The largest absolute Gasteiger partial charge is 0.377 e. The number of rotatable bonds is 19. The molecule has 3 unspecified atom stereocenters. The summed E-state index contributed by atoms with van der Waals surface area (Å²) in [6.45, 7) is 2.71. The second-order valence-corrected chi connectivity index (χ2v) is 12.3. The average Bonchev–Trinajstić information content (AvgIpc) is 3.45. The number of nitrogens with zero attached hydrogens (tertiary/aromatic N) is 1. The average molecular weight is 572 g/mol. The third-order valence-corrected chi connectivity index (χ3v) is 9.56. The summed E-state index contributed by atoms with van der Waals surface area (Å²) >= 11 is 1.90. The lowest BCUT2D eigenvalue weighted by molar-refractivity contribution is -0.122. The van der Waals surface area contributed by atoms with Crippen LogP contribution >= 0.6 is 33.3 Å². The van der Waals surface area contributed by atoms with Crippen LogP contribution in [0, 0.1) is 0 Å². The van der Waals surface area contributed by atoms with Gasteiger partial charge in [-0.05, 0) is 35.8 Å². The van der Waals surface area contributed by atoms with Crippen LogP contribution in [0.3, 0.4) is 0 Å². The Hall–Kier alpha value is -1.67. The molecule has 2 aliphatic rings. The van der Waals surface area contributed by atoms with E-state index in [1.165, 1.54) is 0 Å². The number of unbranched alkanes of at least 4 members (excludes halogenated alkanes) is 1. The van der Waals surface area contributed by atoms with E-state index in [1.54, 1.807) is 27.8 Å². The highest BCUT2D eigenvalue weighted by molar-refractivity contribution is 8.76. The minimum absolute atomic E-state index is 0.00962. The smallest absolute Gasteiger partial charge is 0.315 e. The van der Waals surface area contributed by atoms with Gasteiger partial charge in [-0.3, -0.25) is 9.59 Å². The first-order valence-corrected chi connectivity index (χ1v) is 16.1. The maximum absolute atomic E-state index is 12.0. The van der Waals surface area contributed by atoms with Gasteiger partial charge in [-0.1, -0.05) is 23.3 Å². The lowest BCUT2D eigenvalue weighted by Gasteiger charge is -2.16. The molecule has 0 aliphatic carbocycles. The standard InChI is InChI=1S/C24H37N5O5S3/c30-20(6-2-1-5-19-23-18(17-35-19)28-24(32)29-23)25-10-12-33-14-15-34-13-11-26-21(31)8-16-36-37-22-7-3-4-9-27-22/h3-4,7,9,18-19,23H,1-2,5-6,8,10-17H2,(H,25,30)(H,26,31)(H2,28,29,32). The van der Waals surface area contributed by atoms with Crippen molar-refractivity contribution in [1.82, 2.24) is 26.3 Å². The molecule has 0 bridgehead atoms. The van der Waals surface area contributed by atoms with Crippen molar-refractivity contribution in [3.63, 3.8) is 0 Å². The van der Waals surface area contributed by atoms with E-state index in [0.29, 0.717) is 57.6 Å². The highest BCUT2D eigenvalue weighted by atomic mass is 33.1. The zero-order valence-corrected chi connectivity index (χ0v) is 23.4. The van der Waals surface area contributed by atoms with Crippen LogP contribution in [0.5, 0.6) is 0 Å². The normalized spacial score (nSPS) is 20.2. The number of nitrogens with one attached hydrogen (secondary N) is 4. The maximum atomic E-state index is 12.0. The van der Waals surface area contributed by atoms with E-state index in [9.17, 15) is 14.4 Å². The summed E-state index contributed by atoms with van der Waals surface area (Å²) < 4.78 is 10.9. The van der Waals surface area contributed by atoms with E-state index in [0.717, 1.165) is 35.8 Å². The molecule has 1 aromatic rings. The van der Waals surface area contributed by atoms with Crippen molar-refractivity contribution in [2.45, 2.75) is 54.5 Å². The summed E-state index contributed by atoms with van der Waals surface area (Å²) in [5, 5.41) is 13.0. The van der Waals surface area contributed by atoms with Crippen molar-refractivity contribution < 1.29 is 23.9 Å². The molecule has 0 aromatic carbocycles. The SMILES string of the molecule is O=C(CCCCC1SCC2NC(=O)NC21)NCCOCCOCCNC(=O)CCSSc1ccccn1. The van der Waals surface area contributed by atoms with Crippen LogP contribution in [-0.4, -0.2) is 91.2 Å². The number of amides is 4. The predicted molar refractivity (Wildman–Crippen MR) is 149 cm³/mol. The van der Waals surface area contributed by atoms with Crippen molar-refractivity contribution >= 4 is 51.2 Å². The van der Waals surface area contributed by atoms with Crippen LogP contribution < -0.4 is 21.3 Å². The number of ether oxygens (including phenoxy) is 2. The first-order valence-electron chi connectivity index (χ1n) is 12.7. The lowest BCUT2D eigenvalue weighted by Crippen LogP contribution is -2.36. The Morgan fingerprint density at radius 3 is 2.51 bits per heavy atom. The van der Waals surface area contributed by atoms with Gasteiger partial charge in [0.1, 0.15) is 5.03 Å². The fourth-order valence-electron chi connectivity index (χ4n) is 3.93. The molecule has 0 spiro atoms. The number of carbonyl (C=O) groups excluding carboxylic acids is 3. The third kappa shape index (κ3) is 12.2. The first-order chi connectivity index (χ1) is 18.1. The Balaban J connectivity index is 1.03. The second-order valence-electron chi connectivity index (χ2n) is 8.62. The molecule has 0 radical (unpaired) electrons. The molecule has 10 nitrogen and oxygen atoms in total. The second kappa shape index (κ2) is 17.8. The fourth-order valence-corrected chi connectivity index (χ4v) is 7.34. The van der Waals surface area contributed by atoms with Gasteiger partial charge in [0.15, 0.2) is 0 Å². The monoisotopic (exact) mass is 571 g/mol. The predicted octanol–water partition coefficient (Wildman–Crippen LogP) is 2.20. The Kier molecular flexibility index (Phi) is 14.3. The molecule has 2 saturated heterocycles. The number of carbonyl (C=O) groups is 3. The molecule has 2 fully saturated rings. The molecule has 3 heterocycles. The highest BCUT2D eigenvalue weighted by Crippen LogP contribution is 2.33. The molecular weight excluding hydrogens is 534 g/mol. The van der Waals surface area contributed by atoms with Gasteiger partial charge in [0, 0.05) is 48.9 Å². The molecule has 4 N–H and O–H groups in total. The Morgan fingerprint density at radius 2 is 1.78 bits per heavy atom. The first kappa shape index (κ1) is 29.9. The molecule has 4 amide bonds. The van der Waals surface area contributed by atoms with Gasteiger partial charge < -0.3 is 30.7 Å². The summed E-state index contributed by atoms with van der Waals surface area (Å²) in [7, 11) is 3.18. The van der Waals surface area contributed by atoms with E-state index < -0.39 is 0 Å². The topological polar surface area (TPSA) is 131 Å². The molecular formula is C24H37N5O5S3. The number of hydrogen-bond donors (Lipinski definition) is 4. The molecule has 3 atom stereocenters. The zero-order valence-electron chi connectivity index (χ0n) is 20.9. The number of pyridine rings is 1. The summed E-state index contributed by atoms with van der Waals surface area (Å²) in [6, 6.07) is 6.18. The Bertz CT molecular complexity index is 838. The maximum Gasteiger partial charge on any atom is 0.315 e. The van der Waals surface area contributed by atoms with E-state index in [4.69, 9.17) is 9.47 Å². The molecule has 0 saturated carbocycles. The summed E-state index contributed by atoms with van der Waals surface area (Å²) in [6.07, 6.45) is 5.55. The number of aromatic nitrogens is 1. The van der Waals surface area contributed by atoms with Crippen LogP contribution in [0.1, 0.15) is 32.1 Å². The molecule has 3 rings (SSSR count). The van der Waals surface area contributed by atoms with Gasteiger partial charge in [-0.25, -0.2) is 9.78 Å². The van der Waals surface area contributed by atoms with Crippen molar-refractivity contribution in [2.75, 3.05) is 51.0 Å². The van der Waals surface area contributed by atoms with Crippen LogP contribution in [-0.2, 0) is 19.1 Å². The number of thioether (sulfide) groups is 1. The van der Waals surface area contributed by atoms with Gasteiger partial charge in [0.25, 0.3) is 0 Å². The molecule has 1 aromatic heterocycles. The van der Waals surface area contributed by atoms with Crippen molar-refractivity contribution in [3.05, 3.63) is 24.4 Å². The van der Waals surface area contributed by atoms with Crippen molar-refractivity contribution in [1.29, 1.82) is 0 Å². The van der Waals surface area contributed by atoms with Gasteiger partial charge in [0.05, 0.1) is 38.5 Å². The molecule has 13 heteroatoms. The zero-order chi connectivity index (χ0) is 26.1. The molecule has 206 valence electrons. The molecule has 2 aliphatic heterocycles. The van der Waals surface area contributed by atoms with Gasteiger partial charge in [0.2, 0.25) is 11.8 Å². The van der Waals surface area contributed by atoms with Crippen LogP contribution in [0.25, 0.3) is 0 Å². The number of urea groups is 1. The van der Waals surface area contributed by atoms with E-state index in [1.807, 2.05) is 30.0 Å². The molecule has 37 heavy (non-hydrogen) atoms. The van der Waals surface area contributed by atoms with Crippen molar-refractivity contribution in [3.8, 4) is 0 Å². The fraction of sp³-hybridized carbons (Fsp3) is 0.667. The number of fused-ring (bicyclic) bond motifs is 1. The van der Waals surface area contributed by atoms with Gasteiger partial charge >= 0.3 is 6.03 Å². The van der Waals surface area contributed by atoms with E-state index in [-0.39, 0.29) is 29.9 Å². The van der Waals surface area contributed by atoms with Crippen LogP contribution in [0.4, 0.5) is 4.79 Å². The van der Waals surface area contributed by atoms with Crippen LogP contribution in [0.2, 0.25) is 0 Å². The lowest BCUT2D eigenvalue weighted by atomic mass is 10.0. The Labute approximate surface area is 230 Å². The summed E-state index contributed by atoms with van der Waals surface area (Å²) in [4.78, 5) is 39.4. The summed E-state index contributed by atoms with van der Waals surface area (Å²) in [5.74, 6) is 1.73. The van der Waals surface area contributed by atoms with Crippen LogP contribution in [0.15, 0.2) is 29.4 Å². The summed E-state index contributed by atoms with van der Waals surface area (Å²) in [5.41, 5.74) is 0. The van der Waals surface area contributed by atoms with Crippen molar-refractivity contribution in [2.24, 2.45) is 0 Å². The minimum Gasteiger partial charge on any atom is -0.377 e. The Morgan fingerprint density at radius 1 is 1.03 bits per heavy atom. The highest BCUT2D eigenvalue weighted by Gasteiger charge is 2.42. The van der Waals surface area contributed by atoms with Gasteiger partial charge in [-0.2, -0.15) is 11.8 Å². The van der Waals surface area contributed by atoms with E-state index >= 15 is 0 Å². The number of hydrogen-bond acceptors (Lipinski definition) is 9. The van der Waals surface area contributed by atoms with Gasteiger partial charge in [-0.15, -0.1) is 0 Å².